The van der Waals surface area contributed by atoms with Crippen molar-refractivity contribution in [2.75, 3.05) is 14.2 Å². The summed E-state index contributed by atoms with van der Waals surface area (Å²) < 4.78 is 10.8. The first kappa shape index (κ1) is 15.9. The van der Waals surface area contributed by atoms with Gasteiger partial charge in [-0.2, -0.15) is 0 Å². The van der Waals surface area contributed by atoms with Gasteiger partial charge in [0.15, 0.2) is 0 Å². The van der Waals surface area contributed by atoms with Gasteiger partial charge in [0.2, 0.25) is 0 Å². The molecule has 0 radical (unpaired) electrons. The molecule has 0 unspecified atom stereocenters. The van der Waals surface area contributed by atoms with Gasteiger partial charge >= 0.3 is 5.97 Å². The van der Waals surface area contributed by atoms with Gasteiger partial charge in [-0.15, -0.1) is 0 Å². The molecule has 1 aromatic heterocycles. The van der Waals surface area contributed by atoms with Crippen LogP contribution in [0.2, 0.25) is 0 Å². The van der Waals surface area contributed by atoms with E-state index in [2.05, 4.69) is 4.98 Å². The van der Waals surface area contributed by atoms with Crippen LogP contribution in [0.15, 0.2) is 36.4 Å². The molecular weight excluding hydrogens is 306 g/mol. The van der Waals surface area contributed by atoms with Crippen LogP contribution in [-0.4, -0.2) is 30.3 Å². The largest absolute Gasteiger partial charge is 0.497 e. The molecule has 0 aliphatic rings. The number of H-pyrrole nitrogens is 1. The van der Waals surface area contributed by atoms with Crippen LogP contribution in [0.4, 0.5) is 0 Å². The van der Waals surface area contributed by atoms with E-state index in [1.54, 1.807) is 14.2 Å². The molecule has 1 heterocycles. The second kappa shape index (κ2) is 6.28. The monoisotopic (exact) mass is 325 g/mol. The van der Waals surface area contributed by atoms with Crippen LogP contribution in [0.3, 0.4) is 0 Å². The van der Waals surface area contributed by atoms with Crippen molar-refractivity contribution in [1.29, 1.82) is 0 Å². The van der Waals surface area contributed by atoms with Gasteiger partial charge in [-0.25, -0.2) is 0 Å². The quantitative estimate of drug-likeness (QED) is 0.749. The third-order valence-electron chi connectivity index (χ3n) is 4.07. The molecule has 0 aliphatic carbocycles. The molecule has 0 saturated carbocycles. The number of aromatic nitrogens is 1. The summed E-state index contributed by atoms with van der Waals surface area (Å²) in [5, 5.41) is 10.3. The molecule has 0 atom stereocenters. The van der Waals surface area contributed by atoms with Crippen molar-refractivity contribution in [2.24, 2.45) is 0 Å². The molecule has 3 rings (SSSR count). The Labute approximate surface area is 139 Å². The summed E-state index contributed by atoms with van der Waals surface area (Å²) in [5.41, 5.74) is 4.25. The van der Waals surface area contributed by atoms with Gasteiger partial charge in [-0.3, -0.25) is 4.79 Å². The summed E-state index contributed by atoms with van der Waals surface area (Å²) in [6.07, 6.45) is -0.0703. The summed E-state index contributed by atoms with van der Waals surface area (Å²) in [6.45, 7) is 1.99. The first-order valence-corrected chi connectivity index (χ1v) is 7.59. The number of carbonyl (C=O) groups is 1. The minimum absolute atomic E-state index is 0.0703. The van der Waals surface area contributed by atoms with Crippen molar-refractivity contribution in [3.05, 3.63) is 47.5 Å². The molecule has 0 saturated heterocycles. The van der Waals surface area contributed by atoms with Crippen molar-refractivity contribution < 1.29 is 19.4 Å². The molecule has 24 heavy (non-hydrogen) atoms. The molecule has 0 aliphatic heterocycles. The number of hydrogen-bond acceptors (Lipinski definition) is 3. The number of nitrogens with one attached hydrogen (secondary N) is 1. The highest BCUT2D eigenvalue weighted by molar-refractivity contribution is 5.95. The van der Waals surface area contributed by atoms with E-state index < -0.39 is 5.97 Å². The van der Waals surface area contributed by atoms with Crippen molar-refractivity contribution in [1.82, 2.24) is 4.98 Å². The first-order valence-electron chi connectivity index (χ1n) is 7.59. The zero-order valence-corrected chi connectivity index (χ0v) is 13.8. The van der Waals surface area contributed by atoms with Crippen LogP contribution in [0.5, 0.6) is 11.5 Å². The lowest BCUT2D eigenvalue weighted by molar-refractivity contribution is -0.136. The zero-order chi connectivity index (χ0) is 17.3. The fourth-order valence-corrected chi connectivity index (χ4v) is 2.94. The fourth-order valence-electron chi connectivity index (χ4n) is 2.94. The van der Waals surface area contributed by atoms with Gasteiger partial charge < -0.3 is 19.6 Å². The Morgan fingerprint density at radius 3 is 2.58 bits per heavy atom. The topological polar surface area (TPSA) is 71.5 Å². The number of aryl methyl sites for hydroxylation is 1. The van der Waals surface area contributed by atoms with Gasteiger partial charge in [0.05, 0.1) is 26.3 Å². The van der Waals surface area contributed by atoms with Gasteiger partial charge in [0.1, 0.15) is 11.5 Å². The Balaban J connectivity index is 2.31. The summed E-state index contributed by atoms with van der Waals surface area (Å²) in [6, 6.07) is 11.4. The van der Waals surface area contributed by atoms with Crippen LogP contribution >= 0.6 is 0 Å². The maximum atomic E-state index is 11.4. The lowest BCUT2D eigenvalue weighted by Crippen LogP contribution is -2.01. The molecule has 124 valence electrons. The van der Waals surface area contributed by atoms with Gasteiger partial charge in [-0.05, 0) is 42.8 Å². The SMILES string of the molecule is COc1ccc(OC)c(-c2[nH]c3ccc(C)cc3c2CC(=O)O)c1. The standard InChI is InChI=1S/C19H19NO4/c1-11-4-6-16-13(8-11)14(10-18(21)22)19(20-16)15-9-12(23-2)5-7-17(15)24-3/h4-9,20H,10H2,1-3H3,(H,21,22). The molecular formula is C19H19NO4. The van der Waals surface area contributed by atoms with Gasteiger partial charge in [0.25, 0.3) is 0 Å². The minimum atomic E-state index is -0.875. The average Bonchev–Trinajstić information content (AvgIpc) is 2.91. The number of carboxylic acid groups (broad SMARTS) is 1. The Kier molecular flexibility index (Phi) is 4.16. The Hall–Kier alpha value is -2.95. The predicted octanol–water partition coefficient (Wildman–Crippen LogP) is 3.79. The van der Waals surface area contributed by atoms with E-state index in [0.29, 0.717) is 11.5 Å². The van der Waals surface area contributed by atoms with E-state index in [-0.39, 0.29) is 6.42 Å². The Morgan fingerprint density at radius 2 is 1.92 bits per heavy atom. The predicted molar refractivity (Wildman–Crippen MR) is 92.9 cm³/mol. The molecule has 0 fully saturated rings. The number of hydrogen-bond donors (Lipinski definition) is 2. The molecule has 0 bridgehead atoms. The van der Waals surface area contributed by atoms with E-state index in [1.165, 1.54) is 0 Å². The van der Waals surface area contributed by atoms with E-state index in [4.69, 9.17) is 9.47 Å². The van der Waals surface area contributed by atoms with E-state index in [0.717, 1.165) is 33.3 Å². The number of aromatic amines is 1. The average molecular weight is 325 g/mol. The third kappa shape index (κ3) is 2.80. The van der Waals surface area contributed by atoms with Crippen molar-refractivity contribution in [2.45, 2.75) is 13.3 Å². The first-order chi connectivity index (χ1) is 11.5. The Bertz CT molecular complexity index is 911. The smallest absolute Gasteiger partial charge is 0.307 e. The highest BCUT2D eigenvalue weighted by Gasteiger charge is 2.19. The van der Waals surface area contributed by atoms with Crippen LogP contribution in [0, 0.1) is 6.92 Å². The molecule has 0 spiro atoms. The summed E-state index contributed by atoms with van der Waals surface area (Å²) >= 11 is 0. The van der Waals surface area contributed by atoms with E-state index in [1.807, 2.05) is 43.3 Å². The highest BCUT2D eigenvalue weighted by atomic mass is 16.5. The highest BCUT2D eigenvalue weighted by Crippen LogP contribution is 2.38. The normalized spacial score (nSPS) is 10.8. The second-order valence-electron chi connectivity index (χ2n) is 5.66. The molecule has 2 N–H and O–H groups in total. The molecule has 0 amide bonds. The van der Waals surface area contributed by atoms with Crippen LogP contribution in [-0.2, 0) is 11.2 Å². The number of benzene rings is 2. The number of methoxy groups -OCH3 is 2. The van der Waals surface area contributed by atoms with Crippen molar-refractivity contribution >= 4 is 16.9 Å². The van der Waals surface area contributed by atoms with Crippen LogP contribution < -0.4 is 9.47 Å². The second-order valence-corrected chi connectivity index (χ2v) is 5.66. The number of rotatable bonds is 5. The minimum Gasteiger partial charge on any atom is -0.497 e. The zero-order valence-electron chi connectivity index (χ0n) is 13.8. The van der Waals surface area contributed by atoms with Crippen LogP contribution in [0.25, 0.3) is 22.2 Å². The number of ether oxygens (including phenoxy) is 2. The number of carboxylic acids is 1. The number of fused-ring (bicyclic) bond motifs is 1. The molecule has 2 aromatic carbocycles. The maximum Gasteiger partial charge on any atom is 0.307 e. The lowest BCUT2D eigenvalue weighted by Gasteiger charge is -2.11. The van der Waals surface area contributed by atoms with Crippen molar-refractivity contribution in [3.63, 3.8) is 0 Å². The van der Waals surface area contributed by atoms with E-state index in [9.17, 15) is 9.90 Å². The third-order valence-corrected chi connectivity index (χ3v) is 4.07. The fraction of sp³-hybridized carbons (Fsp3) is 0.211. The molecule has 5 nitrogen and oxygen atoms in total. The van der Waals surface area contributed by atoms with Crippen molar-refractivity contribution in [3.8, 4) is 22.8 Å². The summed E-state index contributed by atoms with van der Waals surface area (Å²) in [7, 11) is 3.19. The maximum absolute atomic E-state index is 11.4. The summed E-state index contributed by atoms with van der Waals surface area (Å²) in [5.74, 6) is 0.466. The molecule has 5 heteroatoms. The lowest BCUT2D eigenvalue weighted by atomic mass is 10.0. The number of aliphatic carboxylic acids is 1. The van der Waals surface area contributed by atoms with E-state index >= 15 is 0 Å². The van der Waals surface area contributed by atoms with Gasteiger partial charge in [0, 0.05) is 16.5 Å². The summed E-state index contributed by atoms with van der Waals surface area (Å²) in [4.78, 5) is 14.7. The molecule has 3 aromatic rings. The Morgan fingerprint density at radius 1 is 1.12 bits per heavy atom. The van der Waals surface area contributed by atoms with Crippen LogP contribution in [0.1, 0.15) is 11.1 Å². The van der Waals surface area contributed by atoms with Gasteiger partial charge in [-0.1, -0.05) is 11.6 Å².